The lowest BCUT2D eigenvalue weighted by molar-refractivity contribution is -0.139. The number of halogens is 1. The predicted molar refractivity (Wildman–Crippen MR) is 170 cm³/mol. The number of rotatable bonds is 19. The number of aliphatic hydroxyl groups excluding tert-OH is 1. The Bertz CT molecular complexity index is 1180. The van der Waals surface area contributed by atoms with Crippen LogP contribution in [0, 0.1) is 0 Å². The first-order chi connectivity index (χ1) is 20.4. The van der Waals surface area contributed by atoms with Crippen molar-refractivity contribution in [3.05, 3.63) is 64.2 Å². The third-order valence-corrected chi connectivity index (χ3v) is 8.39. The van der Waals surface area contributed by atoms with Crippen LogP contribution in [0.25, 0.3) is 5.76 Å². The molecule has 1 fully saturated rings. The number of likely N-dealkylation sites (tertiary alicyclic amines) is 1. The lowest BCUT2D eigenvalue weighted by Gasteiger charge is -2.26. The lowest BCUT2D eigenvalue weighted by atomic mass is 9.95. The maximum absolute atomic E-state index is 13.3. The van der Waals surface area contributed by atoms with Crippen molar-refractivity contribution < 1.29 is 24.2 Å². The predicted octanol–water partition coefficient (Wildman–Crippen LogP) is 9.26. The number of unbranched alkanes of at least 4 members (excludes halogenated alkanes) is 13. The number of carbonyl (C=O) groups is 2. The Hall–Kier alpha value is -2.99. The molecule has 7 heteroatoms. The molecule has 2 aromatic rings. The van der Waals surface area contributed by atoms with Crippen LogP contribution in [0.4, 0.5) is 0 Å². The van der Waals surface area contributed by atoms with Crippen molar-refractivity contribution >= 4 is 29.1 Å². The summed E-state index contributed by atoms with van der Waals surface area (Å²) >= 11 is 6.04. The van der Waals surface area contributed by atoms with Crippen LogP contribution in [-0.4, -0.2) is 42.5 Å². The number of ether oxygens (including phenoxy) is 2. The van der Waals surface area contributed by atoms with Gasteiger partial charge in [0.05, 0.1) is 25.8 Å². The van der Waals surface area contributed by atoms with Gasteiger partial charge < -0.3 is 19.5 Å². The van der Waals surface area contributed by atoms with E-state index >= 15 is 0 Å². The van der Waals surface area contributed by atoms with Gasteiger partial charge >= 0.3 is 0 Å². The van der Waals surface area contributed by atoms with Gasteiger partial charge in [0.2, 0.25) is 0 Å². The zero-order valence-electron chi connectivity index (χ0n) is 25.6. The number of ketones is 1. The fourth-order valence-electron chi connectivity index (χ4n) is 5.72. The van der Waals surface area contributed by atoms with E-state index in [1.165, 1.54) is 70.6 Å². The van der Waals surface area contributed by atoms with E-state index in [1.807, 2.05) is 6.07 Å². The summed E-state index contributed by atoms with van der Waals surface area (Å²) in [5, 5.41) is 11.8. The van der Waals surface area contributed by atoms with Gasteiger partial charge in [-0.05, 0) is 48.4 Å². The summed E-state index contributed by atoms with van der Waals surface area (Å²) in [6.07, 6.45) is 17.4. The molecule has 1 N–H and O–H groups in total. The van der Waals surface area contributed by atoms with Gasteiger partial charge in [0, 0.05) is 17.1 Å². The monoisotopic (exact) mass is 597 g/mol. The van der Waals surface area contributed by atoms with Gasteiger partial charge in [0.25, 0.3) is 11.7 Å². The molecule has 1 heterocycles. The van der Waals surface area contributed by atoms with Crippen molar-refractivity contribution in [3.8, 4) is 11.5 Å². The molecule has 0 radical (unpaired) electrons. The van der Waals surface area contributed by atoms with Crippen LogP contribution in [0.5, 0.6) is 11.5 Å². The molecule has 1 amide bonds. The lowest BCUT2D eigenvalue weighted by Crippen LogP contribution is -2.30. The molecule has 230 valence electrons. The van der Waals surface area contributed by atoms with Crippen LogP contribution in [-0.2, 0) is 9.59 Å². The summed E-state index contributed by atoms with van der Waals surface area (Å²) in [7, 11) is 3.10. The van der Waals surface area contributed by atoms with E-state index < -0.39 is 17.7 Å². The van der Waals surface area contributed by atoms with Crippen LogP contribution < -0.4 is 9.47 Å². The molecule has 1 aliphatic rings. The zero-order valence-corrected chi connectivity index (χ0v) is 26.4. The molecule has 1 saturated heterocycles. The first-order valence-electron chi connectivity index (χ1n) is 15.7. The highest BCUT2D eigenvalue weighted by Crippen LogP contribution is 2.42. The average molecular weight is 598 g/mol. The summed E-state index contributed by atoms with van der Waals surface area (Å²) in [4.78, 5) is 28.2. The highest BCUT2D eigenvalue weighted by Gasteiger charge is 2.46. The van der Waals surface area contributed by atoms with Crippen LogP contribution in [0.1, 0.15) is 114 Å². The second kappa shape index (κ2) is 17.8. The number of hydrogen-bond donors (Lipinski definition) is 1. The van der Waals surface area contributed by atoms with Gasteiger partial charge in [0.15, 0.2) is 11.5 Å². The maximum Gasteiger partial charge on any atom is 0.295 e. The number of benzene rings is 2. The number of methoxy groups -OCH3 is 2. The average Bonchev–Trinajstić information content (AvgIpc) is 3.25. The summed E-state index contributed by atoms with van der Waals surface area (Å²) in [6, 6.07) is 11.2. The molecule has 1 unspecified atom stereocenters. The number of Topliss-reactive ketones (excluding diaryl/α,β-unsaturated/α-hetero) is 1. The fourth-order valence-corrected chi connectivity index (χ4v) is 5.85. The highest BCUT2D eigenvalue weighted by molar-refractivity contribution is 6.46. The number of carbonyl (C=O) groups excluding carboxylic acids is 2. The minimum absolute atomic E-state index is 0.0694. The van der Waals surface area contributed by atoms with Crippen molar-refractivity contribution in [3.63, 3.8) is 0 Å². The van der Waals surface area contributed by atoms with Crippen molar-refractivity contribution in [1.29, 1.82) is 0 Å². The van der Waals surface area contributed by atoms with E-state index in [0.717, 1.165) is 19.3 Å². The van der Waals surface area contributed by atoms with Crippen LogP contribution in [0.15, 0.2) is 48.0 Å². The van der Waals surface area contributed by atoms with Gasteiger partial charge in [-0.2, -0.15) is 0 Å². The number of hydrogen-bond acceptors (Lipinski definition) is 5. The summed E-state index contributed by atoms with van der Waals surface area (Å²) in [6.45, 7) is 2.69. The fraction of sp³-hybridized carbons (Fsp3) is 0.543. The van der Waals surface area contributed by atoms with Crippen molar-refractivity contribution in [2.45, 2.75) is 103 Å². The minimum atomic E-state index is -0.734. The van der Waals surface area contributed by atoms with E-state index in [9.17, 15) is 14.7 Å². The summed E-state index contributed by atoms with van der Waals surface area (Å²) < 4.78 is 10.9. The molecule has 0 saturated carbocycles. The van der Waals surface area contributed by atoms with Gasteiger partial charge in [-0.3, -0.25) is 9.59 Å². The Morgan fingerprint density at radius 2 is 1.29 bits per heavy atom. The van der Waals surface area contributed by atoms with E-state index in [1.54, 1.807) is 55.5 Å². The van der Waals surface area contributed by atoms with Gasteiger partial charge in [0.1, 0.15) is 5.76 Å². The highest BCUT2D eigenvalue weighted by atomic mass is 35.5. The minimum Gasteiger partial charge on any atom is -0.507 e. The standard InChI is InChI=1S/C35H48ClNO5/c1-4-5-6-7-8-9-10-11-12-13-14-15-16-17-24-37-32(27-20-23-29(41-2)30(25-27)42-3)31(34(39)35(37)40)33(38)26-18-21-28(36)22-19-26/h18-23,25,32,38H,4-17,24H2,1-3H3. The molecule has 0 aromatic heterocycles. The quantitative estimate of drug-likeness (QED) is 0.0755. The van der Waals surface area contributed by atoms with E-state index in [2.05, 4.69) is 6.92 Å². The number of aliphatic hydroxyl groups is 1. The normalized spacial score (nSPS) is 16.3. The molecule has 2 aromatic carbocycles. The smallest absolute Gasteiger partial charge is 0.295 e. The topological polar surface area (TPSA) is 76.1 Å². The van der Waals surface area contributed by atoms with Gasteiger partial charge in [-0.25, -0.2) is 0 Å². The molecular formula is C35H48ClNO5. The summed E-state index contributed by atoms with van der Waals surface area (Å²) in [5.41, 5.74) is 1.17. The number of nitrogens with zero attached hydrogens (tertiary/aromatic N) is 1. The molecule has 42 heavy (non-hydrogen) atoms. The molecule has 1 atom stereocenters. The first kappa shape index (κ1) is 33.5. The Labute approximate surface area is 257 Å². The van der Waals surface area contributed by atoms with Gasteiger partial charge in [-0.1, -0.05) is 108 Å². The SMILES string of the molecule is CCCCCCCCCCCCCCCCN1C(=O)C(=O)C(=C(O)c2ccc(Cl)cc2)C1c1ccc(OC)c(OC)c1. The van der Waals surface area contributed by atoms with E-state index in [4.69, 9.17) is 21.1 Å². The third-order valence-electron chi connectivity index (χ3n) is 8.13. The van der Waals surface area contributed by atoms with E-state index in [0.29, 0.717) is 34.2 Å². The molecule has 0 aliphatic carbocycles. The Balaban J connectivity index is 1.62. The van der Waals surface area contributed by atoms with Crippen LogP contribution >= 0.6 is 11.6 Å². The Morgan fingerprint density at radius 3 is 1.81 bits per heavy atom. The Kier molecular flexibility index (Phi) is 14.2. The third kappa shape index (κ3) is 9.26. The molecule has 0 bridgehead atoms. The number of amides is 1. The molecule has 0 spiro atoms. The second-order valence-corrected chi connectivity index (χ2v) is 11.6. The molecule has 1 aliphatic heterocycles. The van der Waals surface area contributed by atoms with Crippen LogP contribution in [0.3, 0.4) is 0 Å². The molecule has 6 nitrogen and oxygen atoms in total. The van der Waals surface area contributed by atoms with Gasteiger partial charge in [-0.15, -0.1) is 0 Å². The first-order valence-corrected chi connectivity index (χ1v) is 16.1. The Morgan fingerprint density at radius 1 is 0.762 bits per heavy atom. The second-order valence-electron chi connectivity index (χ2n) is 11.2. The largest absolute Gasteiger partial charge is 0.507 e. The van der Waals surface area contributed by atoms with Crippen LogP contribution in [0.2, 0.25) is 5.02 Å². The maximum atomic E-state index is 13.3. The molecular weight excluding hydrogens is 550 g/mol. The summed E-state index contributed by atoms with van der Waals surface area (Å²) in [5.74, 6) is -0.465. The zero-order chi connectivity index (χ0) is 30.3. The van der Waals surface area contributed by atoms with Crippen molar-refractivity contribution in [2.75, 3.05) is 20.8 Å². The molecule has 3 rings (SSSR count). The van der Waals surface area contributed by atoms with Crippen molar-refractivity contribution in [1.82, 2.24) is 4.90 Å². The van der Waals surface area contributed by atoms with E-state index in [-0.39, 0.29) is 11.3 Å². The van der Waals surface area contributed by atoms with Crippen molar-refractivity contribution in [2.24, 2.45) is 0 Å².